The second-order valence-corrected chi connectivity index (χ2v) is 11.4. The van der Waals surface area contributed by atoms with Crippen molar-refractivity contribution >= 4 is 37.5 Å². The fourth-order valence-corrected chi connectivity index (χ4v) is 6.40. The molecule has 1 atom stereocenters. The zero-order chi connectivity index (χ0) is 31.0. The van der Waals surface area contributed by atoms with Crippen LogP contribution in [0.5, 0.6) is 0 Å². The first-order chi connectivity index (χ1) is 18.2. The van der Waals surface area contributed by atoms with Crippen molar-refractivity contribution in [3.8, 4) is 0 Å². The van der Waals surface area contributed by atoms with Crippen molar-refractivity contribution in [1.29, 1.82) is 0 Å². The van der Waals surface area contributed by atoms with Gasteiger partial charge >= 0.3 is 0 Å². The summed E-state index contributed by atoms with van der Waals surface area (Å²) in [7, 11) is -5.12. The van der Waals surface area contributed by atoms with Gasteiger partial charge in [0.15, 0.2) is 52.4 Å². The van der Waals surface area contributed by atoms with Crippen molar-refractivity contribution in [2.24, 2.45) is 0 Å². The lowest BCUT2D eigenvalue weighted by Crippen LogP contribution is -2.73. The Balaban J connectivity index is 2.99. The molecule has 0 saturated carbocycles. The van der Waals surface area contributed by atoms with Gasteiger partial charge in [0.2, 0.25) is 0 Å². The van der Waals surface area contributed by atoms with Crippen molar-refractivity contribution in [1.82, 2.24) is 0 Å². The molecule has 0 aliphatic heterocycles. The van der Waals surface area contributed by atoms with Crippen LogP contribution in [0.1, 0.15) is 20.8 Å². The molecule has 218 valence electrons. The third-order valence-corrected chi connectivity index (χ3v) is 7.50. The van der Waals surface area contributed by atoms with E-state index in [4.69, 9.17) is 0 Å². The second-order valence-electron chi connectivity index (χ2n) is 9.07. The zero-order valence-electron chi connectivity index (χ0n) is 19.2. The van der Waals surface area contributed by atoms with E-state index in [-0.39, 0.29) is 0 Å². The molecule has 0 spiro atoms. The smallest absolute Gasteiger partial charge is 0.200 e. The highest BCUT2D eigenvalue weighted by atomic mass is 31.1. The van der Waals surface area contributed by atoms with Gasteiger partial charge in [-0.2, -0.15) is 0 Å². The summed E-state index contributed by atoms with van der Waals surface area (Å²) in [5.41, 5.74) is -7.50. The first-order valence-electron chi connectivity index (χ1n) is 10.2. The largest absolute Gasteiger partial charge is 0.435 e. The summed E-state index contributed by atoms with van der Waals surface area (Å²) in [5, 5.41) is -1.75. The van der Waals surface area contributed by atoms with Crippen LogP contribution in [0.15, 0.2) is 0 Å². The van der Waals surface area contributed by atoms with Gasteiger partial charge in [-0.15, -0.1) is 16.4 Å². The van der Waals surface area contributed by atoms with Gasteiger partial charge in [0, 0.05) is 0 Å². The third-order valence-electron chi connectivity index (χ3n) is 5.57. The maximum Gasteiger partial charge on any atom is 0.200 e. The molecule has 18 heteroatoms. The summed E-state index contributed by atoms with van der Waals surface area (Å²) in [5.74, 6) is -49.6. The highest BCUT2D eigenvalue weighted by Crippen LogP contribution is 2.54. The second kappa shape index (κ2) is 10.2. The lowest BCUT2D eigenvalue weighted by Gasteiger charge is -2.59. The number of rotatable bonds is 4. The average molecular weight is 614 g/mol. The van der Waals surface area contributed by atoms with E-state index in [0.717, 1.165) is 20.8 Å². The summed E-state index contributed by atoms with van der Waals surface area (Å²) < 4.78 is 221. The Hall–Kier alpha value is -2.83. The van der Waals surface area contributed by atoms with Gasteiger partial charge in [-0.3, -0.25) is 0 Å². The normalized spacial score (nSPS) is 13.3. The molecule has 0 heterocycles. The quantitative estimate of drug-likeness (QED) is 0.123. The van der Waals surface area contributed by atoms with E-state index < -0.39 is 130 Å². The molecule has 3 aromatic rings. The summed E-state index contributed by atoms with van der Waals surface area (Å²) >= 11 is 0. The van der Waals surface area contributed by atoms with Gasteiger partial charge in [0.1, 0.15) is 34.9 Å². The van der Waals surface area contributed by atoms with Gasteiger partial charge in [-0.25, -0.2) is 65.9 Å². The fourth-order valence-electron chi connectivity index (χ4n) is 4.17. The summed E-state index contributed by atoms with van der Waals surface area (Å²) in [4.78, 5) is 0. The SMILES string of the molecule is [BH3-]P([B-](c1c(F)c(F)c(F)c(F)c1F)(c1c(F)c(F)c(F)c(F)c1F)c1c(F)c(F)c(F)c(F)c1F)C(C)(C)C. The number of benzene rings is 3. The van der Waals surface area contributed by atoms with Gasteiger partial charge in [0.05, 0.1) is 5.87 Å². The van der Waals surface area contributed by atoms with Crippen LogP contribution >= 0.6 is 7.68 Å². The standard InChI is InChI=1S/C22H12B2F15P/c1-22(2,3)40(23)24(4-7(25)13(31)19(37)14(32)8(4)26,5-9(27)15(33)20(38)16(34)10(5)28)6-11(29)17(35)21(39)18(36)12(6)30/h1-3,23H3/q-2. The van der Waals surface area contributed by atoms with Crippen LogP contribution in [0, 0.1) is 87.3 Å². The maximum atomic E-state index is 15.4. The third kappa shape index (κ3) is 4.18. The van der Waals surface area contributed by atoms with Crippen LogP contribution in [-0.4, -0.2) is 18.6 Å². The molecule has 0 fully saturated rings. The van der Waals surface area contributed by atoms with E-state index in [0.29, 0.717) is 0 Å². The Bertz CT molecular complexity index is 1310. The van der Waals surface area contributed by atoms with Crippen LogP contribution in [0.3, 0.4) is 0 Å². The zero-order valence-corrected chi connectivity index (χ0v) is 20.1. The van der Waals surface area contributed by atoms with E-state index in [2.05, 4.69) is 0 Å². The molecule has 0 amide bonds. The van der Waals surface area contributed by atoms with Crippen molar-refractivity contribution in [2.75, 3.05) is 0 Å². The molecule has 1 unspecified atom stereocenters. The number of hydrogen-bond donors (Lipinski definition) is 0. The predicted molar refractivity (Wildman–Crippen MR) is 120 cm³/mol. The molecular weight excluding hydrogens is 602 g/mol. The first-order valence-corrected chi connectivity index (χ1v) is 11.1. The number of hydrogen-bond acceptors (Lipinski definition) is 0. The highest BCUT2D eigenvalue weighted by molar-refractivity contribution is 8.16. The summed E-state index contributed by atoms with van der Waals surface area (Å²) in [6, 6.07) is 0. The minimum atomic E-state index is -5.40. The lowest BCUT2D eigenvalue weighted by atomic mass is 9.33. The minimum absolute atomic E-state index is 1.05. The molecular formula is C22H12B2F15P-2. The predicted octanol–water partition coefficient (Wildman–Crippen LogP) is 5.30. The van der Waals surface area contributed by atoms with Gasteiger partial charge < -0.3 is 7.68 Å². The van der Waals surface area contributed by atoms with E-state index in [1.165, 1.54) is 0 Å². The summed E-state index contributed by atoms with van der Waals surface area (Å²) in [6.07, 6.45) is 0. The molecule has 0 radical (unpaired) electrons. The molecule has 0 aliphatic carbocycles. The maximum absolute atomic E-state index is 15.4. The van der Waals surface area contributed by atoms with Crippen LogP contribution < -0.4 is 16.4 Å². The molecule has 0 N–H and O–H groups in total. The van der Waals surface area contributed by atoms with Crippen molar-refractivity contribution in [3.63, 3.8) is 0 Å². The van der Waals surface area contributed by atoms with E-state index in [9.17, 15) is 39.5 Å². The van der Waals surface area contributed by atoms with E-state index in [1.54, 1.807) is 0 Å². The molecule has 0 aliphatic rings. The molecule has 3 rings (SSSR count). The Morgan fingerprint density at radius 1 is 0.375 bits per heavy atom. The van der Waals surface area contributed by atoms with Gasteiger partial charge in [-0.1, -0.05) is 33.5 Å². The highest BCUT2D eigenvalue weighted by Gasteiger charge is 2.49. The molecule has 0 bridgehead atoms. The van der Waals surface area contributed by atoms with Crippen LogP contribution in [0.2, 0.25) is 0 Å². The van der Waals surface area contributed by atoms with Crippen LogP contribution in [0.25, 0.3) is 0 Å². The number of halogens is 15. The van der Waals surface area contributed by atoms with Crippen LogP contribution in [-0.2, 0) is 0 Å². The monoisotopic (exact) mass is 614 g/mol. The van der Waals surface area contributed by atoms with Gasteiger partial charge in [-0.05, 0) is 0 Å². The molecule has 3 aromatic carbocycles. The van der Waals surface area contributed by atoms with Crippen molar-refractivity contribution in [2.45, 2.75) is 25.9 Å². The fraction of sp³-hybridized carbons (Fsp3) is 0.182. The lowest BCUT2D eigenvalue weighted by molar-refractivity contribution is 0.380. The Labute approximate surface area is 217 Å². The Kier molecular flexibility index (Phi) is 8.10. The van der Waals surface area contributed by atoms with Gasteiger partial charge in [0.25, 0.3) is 0 Å². The summed E-state index contributed by atoms with van der Waals surface area (Å²) in [6.45, 7) is 3.14. The average Bonchev–Trinajstić information content (AvgIpc) is 2.89. The van der Waals surface area contributed by atoms with E-state index in [1.807, 2.05) is 0 Å². The Morgan fingerprint density at radius 3 is 0.675 bits per heavy atom. The topological polar surface area (TPSA) is 0 Å². The Morgan fingerprint density at radius 2 is 0.525 bits per heavy atom. The van der Waals surface area contributed by atoms with Crippen LogP contribution in [0.4, 0.5) is 65.9 Å². The molecule has 0 nitrogen and oxygen atoms in total. The van der Waals surface area contributed by atoms with E-state index >= 15 is 26.3 Å². The molecule has 0 saturated heterocycles. The molecule has 40 heavy (non-hydrogen) atoms. The minimum Gasteiger partial charge on any atom is -0.435 e. The van der Waals surface area contributed by atoms with Crippen molar-refractivity contribution < 1.29 is 65.9 Å². The first kappa shape index (κ1) is 31.7. The molecule has 0 aromatic heterocycles. The van der Waals surface area contributed by atoms with Crippen molar-refractivity contribution in [3.05, 3.63) is 87.3 Å².